The van der Waals surface area contributed by atoms with Crippen molar-refractivity contribution in [1.29, 1.82) is 5.26 Å². The molecule has 1 saturated heterocycles. The number of carbonyl (C=O) groups excluding carboxylic acids is 1. The summed E-state index contributed by atoms with van der Waals surface area (Å²) in [5.41, 5.74) is 1.47. The van der Waals surface area contributed by atoms with Crippen LogP contribution in [0.5, 0.6) is 0 Å². The summed E-state index contributed by atoms with van der Waals surface area (Å²) in [6.07, 6.45) is 1.82. The van der Waals surface area contributed by atoms with Gasteiger partial charge in [-0.1, -0.05) is 12.1 Å². The van der Waals surface area contributed by atoms with Gasteiger partial charge in [-0.05, 0) is 12.1 Å². The Morgan fingerprint density at radius 1 is 1.42 bits per heavy atom. The number of benzene rings is 1. The highest BCUT2D eigenvalue weighted by Gasteiger charge is 2.28. The van der Waals surface area contributed by atoms with Gasteiger partial charge in [-0.25, -0.2) is 0 Å². The Morgan fingerprint density at radius 3 is 3.16 bits per heavy atom. The molecule has 1 aliphatic heterocycles. The highest BCUT2D eigenvalue weighted by molar-refractivity contribution is 6.05. The van der Waals surface area contributed by atoms with Crippen LogP contribution in [0.25, 0.3) is 10.9 Å². The molecule has 0 bridgehead atoms. The molecule has 1 unspecified atom stereocenters. The lowest BCUT2D eigenvalue weighted by atomic mass is 10.1. The molecule has 1 atom stereocenters. The van der Waals surface area contributed by atoms with Crippen LogP contribution in [0.1, 0.15) is 10.4 Å². The summed E-state index contributed by atoms with van der Waals surface area (Å²) in [6.45, 7) is 1.82. The van der Waals surface area contributed by atoms with Crippen molar-refractivity contribution in [2.75, 3.05) is 19.6 Å². The number of H-pyrrole nitrogens is 1. The normalized spacial score (nSPS) is 19.3. The smallest absolute Gasteiger partial charge is 0.257 e. The summed E-state index contributed by atoms with van der Waals surface area (Å²) >= 11 is 0. The summed E-state index contributed by atoms with van der Waals surface area (Å²) in [5, 5.41) is 13.3. The molecule has 1 aliphatic rings. The van der Waals surface area contributed by atoms with E-state index < -0.39 is 6.04 Å². The van der Waals surface area contributed by atoms with E-state index in [1.807, 2.05) is 24.4 Å². The van der Waals surface area contributed by atoms with Gasteiger partial charge < -0.3 is 15.2 Å². The lowest BCUT2D eigenvalue weighted by molar-refractivity contribution is 0.0689. The number of hydrogen-bond donors (Lipinski definition) is 2. The van der Waals surface area contributed by atoms with Crippen LogP contribution in [0, 0.1) is 11.3 Å². The van der Waals surface area contributed by atoms with Gasteiger partial charge in [0.25, 0.3) is 5.91 Å². The quantitative estimate of drug-likeness (QED) is 0.800. The average molecular weight is 254 g/mol. The first-order valence-corrected chi connectivity index (χ1v) is 6.28. The molecule has 0 aliphatic carbocycles. The van der Waals surface area contributed by atoms with Crippen molar-refractivity contribution < 1.29 is 4.79 Å². The largest absolute Gasteiger partial charge is 0.361 e. The van der Waals surface area contributed by atoms with E-state index in [1.54, 1.807) is 11.0 Å². The number of nitriles is 1. The maximum atomic E-state index is 12.6. The fourth-order valence-electron chi connectivity index (χ4n) is 2.48. The van der Waals surface area contributed by atoms with Crippen LogP contribution >= 0.6 is 0 Å². The molecular weight excluding hydrogens is 240 g/mol. The van der Waals surface area contributed by atoms with E-state index in [1.165, 1.54) is 0 Å². The van der Waals surface area contributed by atoms with Gasteiger partial charge in [-0.3, -0.25) is 4.79 Å². The number of nitrogens with zero attached hydrogens (tertiary/aromatic N) is 2. The molecule has 2 N–H and O–H groups in total. The molecule has 0 saturated carbocycles. The van der Waals surface area contributed by atoms with Crippen LogP contribution in [0.15, 0.2) is 30.5 Å². The first-order chi connectivity index (χ1) is 9.31. The van der Waals surface area contributed by atoms with Crippen LogP contribution in [-0.4, -0.2) is 41.5 Å². The minimum atomic E-state index is -0.397. The molecular formula is C14H14N4O. The van der Waals surface area contributed by atoms with Crippen LogP contribution in [0.4, 0.5) is 0 Å². The molecule has 5 nitrogen and oxygen atoms in total. The van der Waals surface area contributed by atoms with Gasteiger partial charge in [0.05, 0.1) is 17.1 Å². The highest BCUT2D eigenvalue weighted by atomic mass is 16.2. The van der Waals surface area contributed by atoms with E-state index in [0.29, 0.717) is 18.7 Å². The summed E-state index contributed by atoms with van der Waals surface area (Å²) in [7, 11) is 0. The van der Waals surface area contributed by atoms with E-state index in [9.17, 15) is 4.79 Å². The molecule has 96 valence electrons. The van der Waals surface area contributed by atoms with E-state index in [2.05, 4.69) is 16.4 Å². The van der Waals surface area contributed by atoms with Gasteiger partial charge in [-0.2, -0.15) is 5.26 Å². The number of fused-ring (bicyclic) bond motifs is 1. The minimum absolute atomic E-state index is 0.0823. The maximum Gasteiger partial charge on any atom is 0.257 e. The van der Waals surface area contributed by atoms with Crippen LogP contribution in [0.2, 0.25) is 0 Å². The number of nitrogens with one attached hydrogen (secondary N) is 2. The summed E-state index contributed by atoms with van der Waals surface area (Å²) in [4.78, 5) is 17.3. The van der Waals surface area contributed by atoms with Gasteiger partial charge in [-0.15, -0.1) is 0 Å². The predicted octanol–water partition coefficient (Wildman–Crippen LogP) is 1.11. The predicted molar refractivity (Wildman–Crippen MR) is 71.6 cm³/mol. The van der Waals surface area contributed by atoms with Gasteiger partial charge in [0.15, 0.2) is 0 Å². The Bertz CT molecular complexity index is 655. The maximum absolute atomic E-state index is 12.6. The monoisotopic (exact) mass is 254 g/mol. The highest BCUT2D eigenvalue weighted by Crippen LogP contribution is 2.19. The van der Waals surface area contributed by atoms with Crippen molar-refractivity contribution in [2.24, 2.45) is 0 Å². The van der Waals surface area contributed by atoms with E-state index in [4.69, 9.17) is 5.26 Å². The topological polar surface area (TPSA) is 71.9 Å². The number of carbonyl (C=O) groups is 1. The molecule has 2 heterocycles. The lowest BCUT2D eigenvalue weighted by Crippen LogP contribution is -2.53. The van der Waals surface area contributed by atoms with Gasteiger partial charge in [0, 0.05) is 31.2 Å². The molecule has 3 rings (SSSR count). The molecule has 19 heavy (non-hydrogen) atoms. The second-order valence-corrected chi connectivity index (χ2v) is 4.60. The van der Waals surface area contributed by atoms with Crippen LogP contribution in [-0.2, 0) is 0 Å². The molecule has 0 radical (unpaired) electrons. The molecule has 2 aromatic rings. The summed E-state index contributed by atoms with van der Waals surface area (Å²) < 4.78 is 0. The van der Waals surface area contributed by atoms with Crippen molar-refractivity contribution in [1.82, 2.24) is 15.2 Å². The molecule has 1 fully saturated rings. The minimum Gasteiger partial charge on any atom is -0.361 e. The zero-order valence-electron chi connectivity index (χ0n) is 10.4. The Labute approximate surface area is 110 Å². The van der Waals surface area contributed by atoms with Gasteiger partial charge in [0.2, 0.25) is 0 Å². The van der Waals surface area contributed by atoms with Crippen molar-refractivity contribution in [2.45, 2.75) is 6.04 Å². The van der Waals surface area contributed by atoms with E-state index >= 15 is 0 Å². The first kappa shape index (κ1) is 11.8. The van der Waals surface area contributed by atoms with Crippen molar-refractivity contribution in [3.05, 3.63) is 36.0 Å². The fourth-order valence-corrected chi connectivity index (χ4v) is 2.48. The molecule has 1 aromatic heterocycles. The number of aromatic nitrogens is 1. The number of piperazine rings is 1. The number of para-hydroxylation sites is 1. The standard InChI is InChI=1S/C14H14N4O/c15-8-11-9-16-6-7-18(11)14(19)12-3-1-2-10-4-5-17-13(10)12/h1-5,11,16-17H,6-7,9H2. The lowest BCUT2D eigenvalue weighted by Gasteiger charge is -2.32. The SMILES string of the molecule is N#CC1CNCCN1C(=O)c1cccc2cc[nH]c12. The molecule has 5 heteroatoms. The Kier molecular flexibility index (Phi) is 2.94. The second-order valence-electron chi connectivity index (χ2n) is 4.60. The zero-order chi connectivity index (χ0) is 13.2. The number of hydrogen-bond acceptors (Lipinski definition) is 3. The van der Waals surface area contributed by atoms with Crippen LogP contribution < -0.4 is 5.32 Å². The number of rotatable bonds is 1. The zero-order valence-corrected chi connectivity index (χ0v) is 10.4. The Balaban J connectivity index is 1.99. The summed E-state index contributed by atoms with van der Waals surface area (Å²) in [5.74, 6) is -0.0823. The summed E-state index contributed by atoms with van der Waals surface area (Å²) in [6, 6.07) is 9.35. The first-order valence-electron chi connectivity index (χ1n) is 6.28. The Hall–Kier alpha value is -2.32. The molecule has 0 spiro atoms. The fraction of sp³-hybridized carbons (Fsp3) is 0.286. The van der Waals surface area contributed by atoms with Crippen molar-refractivity contribution in [3.8, 4) is 6.07 Å². The van der Waals surface area contributed by atoms with Gasteiger partial charge in [0.1, 0.15) is 6.04 Å². The second kappa shape index (κ2) is 4.75. The van der Waals surface area contributed by atoms with E-state index in [-0.39, 0.29) is 5.91 Å². The van der Waals surface area contributed by atoms with Gasteiger partial charge >= 0.3 is 0 Å². The van der Waals surface area contributed by atoms with Crippen molar-refractivity contribution >= 4 is 16.8 Å². The third-order valence-corrected chi connectivity index (χ3v) is 3.47. The third-order valence-electron chi connectivity index (χ3n) is 3.47. The van der Waals surface area contributed by atoms with Crippen molar-refractivity contribution in [3.63, 3.8) is 0 Å². The van der Waals surface area contributed by atoms with Crippen LogP contribution in [0.3, 0.4) is 0 Å². The molecule has 1 amide bonds. The molecule has 1 aromatic carbocycles. The Morgan fingerprint density at radius 2 is 2.32 bits per heavy atom. The number of amides is 1. The average Bonchev–Trinajstić information content (AvgIpc) is 2.94. The number of aromatic amines is 1. The van der Waals surface area contributed by atoms with E-state index in [0.717, 1.165) is 17.4 Å². The third kappa shape index (κ3) is 1.96.